The van der Waals surface area contributed by atoms with E-state index in [2.05, 4.69) is 48.0 Å². The fourth-order valence-corrected chi connectivity index (χ4v) is 5.23. The van der Waals surface area contributed by atoms with Crippen molar-refractivity contribution in [2.75, 3.05) is 13.1 Å². The summed E-state index contributed by atoms with van der Waals surface area (Å²) in [4.78, 5) is 15.6. The van der Waals surface area contributed by atoms with Crippen molar-refractivity contribution in [1.29, 1.82) is 0 Å². The lowest BCUT2D eigenvalue weighted by molar-refractivity contribution is -0.924. The molecule has 3 atom stereocenters. The van der Waals surface area contributed by atoms with Gasteiger partial charge in [-0.05, 0) is 48.8 Å². The van der Waals surface area contributed by atoms with E-state index in [9.17, 15) is 4.79 Å². The summed E-state index contributed by atoms with van der Waals surface area (Å²) in [5.41, 5.74) is 4.16. The van der Waals surface area contributed by atoms with Crippen molar-refractivity contribution in [3.05, 3.63) is 57.3 Å². The monoisotopic (exact) mass is 341 g/mol. The maximum absolute atomic E-state index is 12.7. The number of carbonyl (C=O) groups is 1. The van der Waals surface area contributed by atoms with Gasteiger partial charge in [0.05, 0.1) is 12.6 Å². The molecular weight excluding hydrogens is 316 g/mol. The van der Waals surface area contributed by atoms with Crippen LogP contribution in [0.25, 0.3) is 0 Å². The Balaban J connectivity index is 1.41. The number of nitrogens with one attached hydrogen (secondary N) is 2. The lowest BCUT2D eigenvalue weighted by Gasteiger charge is -2.31. The molecule has 1 aliphatic heterocycles. The Kier molecular flexibility index (Phi) is 4.42. The third-order valence-electron chi connectivity index (χ3n) is 5.62. The van der Waals surface area contributed by atoms with Crippen LogP contribution in [0.4, 0.5) is 0 Å². The number of aryl methyl sites for hydroxylation is 1. The normalized spacial score (nSPS) is 25.6. The molecule has 2 aromatic rings. The molecule has 1 amide bonds. The average Bonchev–Trinajstić information content (AvgIpc) is 3.07. The highest BCUT2D eigenvalue weighted by molar-refractivity contribution is 7.10. The summed E-state index contributed by atoms with van der Waals surface area (Å²) in [6.45, 7) is 3.89. The van der Waals surface area contributed by atoms with Gasteiger partial charge >= 0.3 is 0 Å². The molecule has 1 aromatic carbocycles. The van der Waals surface area contributed by atoms with Crippen molar-refractivity contribution in [3.63, 3.8) is 0 Å². The molecule has 0 saturated heterocycles. The van der Waals surface area contributed by atoms with Crippen LogP contribution in [0.1, 0.15) is 53.4 Å². The first-order chi connectivity index (χ1) is 11.7. The van der Waals surface area contributed by atoms with Gasteiger partial charge in [0.25, 0.3) is 5.91 Å². The van der Waals surface area contributed by atoms with Gasteiger partial charge in [0.2, 0.25) is 0 Å². The molecule has 0 fully saturated rings. The van der Waals surface area contributed by atoms with Gasteiger partial charge in [0, 0.05) is 16.9 Å². The zero-order valence-corrected chi connectivity index (χ0v) is 15.0. The van der Waals surface area contributed by atoms with Crippen LogP contribution in [-0.2, 0) is 17.6 Å². The third-order valence-corrected chi connectivity index (χ3v) is 6.62. The molecule has 1 aromatic heterocycles. The van der Waals surface area contributed by atoms with Crippen molar-refractivity contribution >= 4 is 17.2 Å². The van der Waals surface area contributed by atoms with Gasteiger partial charge in [-0.1, -0.05) is 24.3 Å². The van der Waals surface area contributed by atoms with Crippen molar-refractivity contribution in [1.82, 2.24) is 5.32 Å². The summed E-state index contributed by atoms with van der Waals surface area (Å²) in [5.74, 6) is 0.192. The summed E-state index contributed by atoms with van der Waals surface area (Å²) >= 11 is 1.86. The Labute approximate surface area is 147 Å². The Morgan fingerprint density at radius 2 is 2.12 bits per heavy atom. The molecule has 2 N–H and O–H groups in total. The molecule has 1 unspecified atom stereocenters. The number of quaternary nitrogens is 1. The predicted molar refractivity (Wildman–Crippen MR) is 97.4 cm³/mol. The number of carbonyl (C=O) groups excluding carboxylic acids is 1. The second kappa shape index (κ2) is 6.69. The van der Waals surface area contributed by atoms with Crippen LogP contribution in [0, 0.1) is 0 Å². The maximum atomic E-state index is 12.7. The Bertz CT molecular complexity index is 739. The average molecular weight is 342 g/mol. The second-order valence-corrected chi connectivity index (χ2v) is 8.07. The zero-order chi connectivity index (χ0) is 16.5. The quantitative estimate of drug-likeness (QED) is 0.883. The van der Waals surface area contributed by atoms with E-state index in [0.29, 0.717) is 12.6 Å². The summed E-state index contributed by atoms with van der Waals surface area (Å²) in [7, 11) is 0. The van der Waals surface area contributed by atoms with Crippen LogP contribution < -0.4 is 10.2 Å². The summed E-state index contributed by atoms with van der Waals surface area (Å²) in [5, 5.41) is 5.49. The van der Waals surface area contributed by atoms with E-state index in [1.807, 2.05) is 11.3 Å². The highest BCUT2D eigenvalue weighted by Gasteiger charge is 2.30. The van der Waals surface area contributed by atoms with Gasteiger partial charge in [-0.15, -0.1) is 11.3 Å². The lowest BCUT2D eigenvalue weighted by atomic mass is 9.88. The van der Waals surface area contributed by atoms with E-state index in [4.69, 9.17) is 0 Å². The smallest absolute Gasteiger partial charge is 0.275 e. The van der Waals surface area contributed by atoms with Crippen molar-refractivity contribution < 1.29 is 9.69 Å². The van der Waals surface area contributed by atoms with Crippen molar-refractivity contribution in [2.45, 2.75) is 44.7 Å². The fourth-order valence-electron chi connectivity index (χ4n) is 4.25. The van der Waals surface area contributed by atoms with Crippen LogP contribution in [0.5, 0.6) is 0 Å². The van der Waals surface area contributed by atoms with Gasteiger partial charge in [-0.3, -0.25) is 4.79 Å². The first-order valence-corrected chi connectivity index (χ1v) is 9.88. The minimum Gasteiger partial charge on any atom is -0.344 e. The van der Waals surface area contributed by atoms with E-state index >= 15 is 0 Å². The summed E-state index contributed by atoms with van der Waals surface area (Å²) < 4.78 is 0. The number of amides is 1. The molecule has 126 valence electrons. The Hall–Kier alpha value is -1.65. The number of hydrogen-bond donors (Lipinski definition) is 2. The van der Waals surface area contributed by atoms with Crippen LogP contribution in [0.3, 0.4) is 0 Å². The molecule has 0 spiro atoms. The third kappa shape index (κ3) is 3.01. The number of fused-ring (bicyclic) bond motifs is 2. The molecule has 4 rings (SSSR count). The van der Waals surface area contributed by atoms with Gasteiger partial charge < -0.3 is 10.2 Å². The SMILES string of the molecule is C[C@H]1c2ccsc2CC[NH+]1CC(=O)N[C@@H]1CCCc2ccccc21. The van der Waals surface area contributed by atoms with Gasteiger partial charge in [0.15, 0.2) is 6.54 Å². The second-order valence-electron chi connectivity index (χ2n) is 7.07. The van der Waals surface area contributed by atoms with Crippen LogP contribution in [0.15, 0.2) is 35.7 Å². The van der Waals surface area contributed by atoms with Crippen LogP contribution >= 0.6 is 11.3 Å². The van der Waals surface area contributed by atoms with Gasteiger partial charge in [-0.2, -0.15) is 0 Å². The standard InChI is InChI=1S/C20H24N2OS/c1-14-16-10-12-24-19(16)9-11-22(14)13-20(23)21-18-8-4-6-15-5-2-3-7-17(15)18/h2-3,5,7,10,12,14,18H,4,6,8-9,11,13H2,1H3,(H,21,23)/p+1/t14-,18+/m0/s1. The largest absolute Gasteiger partial charge is 0.344 e. The number of thiophene rings is 1. The molecular formula is C20H25N2OS+. The highest BCUT2D eigenvalue weighted by Crippen LogP contribution is 2.29. The van der Waals surface area contributed by atoms with Crippen LogP contribution in [0.2, 0.25) is 0 Å². The highest BCUT2D eigenvalue weighted by atomic mass is 32.1. The van der Waals surface area contributed by atoms with Crippen molar-refractivity contribution in [3.8, 4) is 0 Å². The Morgan fingerprint density at radius 3 is 3.04 bits per heavy atom. The molecule has 1 aliphatic carbocycles. The summed E-state index contributed by atoms with van der Waals surface area (Å²) in [6.07, 6.45) is 4.46. The number of benzene rings is 1. The van der Waals surface area contributed by atoms with E-state index in [1.54, 1.807) is 0 Å². The molecule has 0 saturated carbocycles. The topological polar surface area (TPSA) is 33.5 Å². The first-order valence-electron chi connectivity index (χ1n) is 9.00. The molecule has 2 aliphatic rings. The number of hydrogen-bond acceptors (Lipinski definition) is 2. The summed E-state index contributed by atoms with van der Waals surface area (Å²) in [6, 6.07) is 11.4. The van der Waals surface area contributed by atoms with Crippen LogP contribution in [-0.4, -0.2) is 19.0 Å². The van der Waals surface area contributed by atoms with E-state index in [1.165, 1.54) is 26.5 Å². The maximum Gasteiger partial charge on any atom is 0.275 e. The van der Waals surface area contributed by atoms with E-state index in [0.717, 1.165) is 32.2 Å². The first kappa shape index (κ1) is 15.9. The zero-order valence-electron chi connectivity index (χ0n) is 14.2. The molecule has 4 heteroatoms. The molecule has 24 heavy (non-hydrogen) atoms. The molecule has 0 radical (unpaired) electrons. The lowest BCUT2D eigenvalue weighted by Crippen LogP contribution is -3.14. The minimum atomic E-state index is 0.192. The predicted octanol–water partition coefficient (Wildman–Crippen LogP) is 2.44. The van der Waals surface area contributed by atoms with E-state index in [-0.39, 0.29) is 11.9 Å². The molecule has 0 bridgehead atoms. The van der Waals surface area contributed by atoms with Crippen molar-refractivity contribution in [2.24, 2.45) is 0 Å². The van der Waals surface area contributed by atoms with Gasteiger partial charge in [0.1, 0.15) is 6.04 Å². The minimum absolute atomic E-state index is 0.192. The van der Waals surface area contributed by atoms with Gasteiger partial charge in [-0.25, -0.2) is 0 Å². The molecule has 3 nitrogen and oxygen atoms in total. The Morgan fingerprint density at radius 1 is 1.25 bits per heavy atom. The fraction of sp³-hybridized carbons (Fsp3) is 0.450. The van der Waals surface area contributed by atoms with E-state index < -0.39 is 0 Å². The molecule has 2 heterocycles. The number of rotatable bonds is 3.